The van der Waals surface area contributed by atoms with E-state index in [-0.39, 0.29) is 0 Å². The molecule has 2 N–H and O–H groups in total. The van der Waals surface area contributed by atoms with Gasteiger partial charge in [-0.3, -0.25) is 19.3 Å². The van der Waals surface area contributed by atoms with Crippen molar-refractivity contribution < 1.29 is 23.9 Å². The number of nitrogens with one attached hydrogen (secondary N) is 2. The lowest BCUT2D eigenvalue weighted by molar-refractivity contribution is -0.155. The molecule has 3 rings (SSSR count). The minimum atomic E-state index is -1.15. The number of imide groups is 1. The van der Waals surface area contributed by atoms with Crippen molar-refractivity contribution in [2.45, 2.75) is 50.7 Å². The first-order valence-corrected chi connectivity index (χ1v) is 9.86. The average Bonchev–Trinajstić information content (AvgIpc) is 3.20. The van der Waals surface area contributed by atoms with E-state index >= 15 is 0 Å². The van der Waals surface area contributed by atoms with Crippen LogP contribution in [0.25, 0.3) is 0 Å². The summed E-state index contributed by atoms with van der Waals surface area (Å²) in [5.41, 5.74) is -0.597. The van der Waals surface area contributed by atoms with Crippen molar-refractivity contribution in [1.82, 2.24) is 10.2 Å². The molecule has 2 heterocycles. The van der Waals surface area contributed by atoms with Crippen LogP contribution in [-0.2, 0) is 19.1 Å². The Bertz CT molecular complexity index is 852. The zero-order chi connectivity index (χ0) is 20.3. The van der Waals surface area contributed by atoms with Gasteiger partial charge in [-0.05, 0) is 31.2 Å². The lowest BCUT2D eigenvalue weighted by atomic mass is 9.82. The van der Waals surface area contributed by atoms with Crippen molar-refractivity contribution in [3.63, 3.8) is 0 Å². The van der Waals surface area contributed by atoms with Gasteiger partial charge in [-0.1, -0.05) is 19.3 Å². The summed E-state index contributed by atoms with van der Waals surface area (Å²) in [5.74, 6) is -1.87. The third kappa shape index (κ3) is 3.84. The summed E-state index contributed by atoms with van der Waals surface area (Å²) in [6, 6.07) is 2.90. The molecule has 1 unspecified atom stereocenters. The van der Waals surface area contributed by atoms with Gasteiger partial charge in [0.1, 0.15) is 23.2 Å². The zero-order valence-electron chi connectivity index (χ0n) is 15.3. The Morgan fingerprint density at radius 2 is 2.11 bits per heavy atom. The van der Waals surface area contributed by atoms with E-state index in [1.807, 2.05) is 6.07 Å². The normalized spacial score (nSPS) is 19.1. The van der Waals surface area contributed by atoms with Crippen LogP contribution in [0.15, 0.2) is 11.4 Å². The fourth-order valence-electron chi connectivity index (χ4n) is 3.44. The molecule has 2 aliphatic rings. The van der Waals surface area contributed by atoms with E-state index in [4.69, 9.17) is 10.00 Å². The van der Waals surface area contributed by atoms with Gasteiger partial charge in [-0.25, -0.2) is 4.79 Å². The van der Waals surface area contributed by atoms with Crippen molar-refractivity contribution in [1.29, 1.82) is 5.26 Å². The van der Waals surface area contributed by atoms with Crippen LogP contribution in [-0.4, -0.2) is 46.9 Å². The molecule has 1 atom stereocenters. The third-order valence-electron chi connectivity index (χ3n) is 4.94. The first-order valence-electron chi connectivity index (χ1n) is 8.98. The zero-order valence-corrected chi connectivity index (χ0v) is 16.1. The van der Waals surface area contributed by atoms with E-state index < -0.39 is 42.0 Å². The molecule has 2 fully saturated rings. The topological polar surface area (TPSA) is 129 Å². The van der Waals surface area contributed by atoms with E-state index in [9.17, 15) is 19.2 Å². The molecule has 148 valence electrons. The largest absolute Gasteiger partial charge is 0.451 e. The maximum absolute atomic E-state index is 12.7. The fourth-order valence-corrected chi connectivity index (χ4v) is 4.18. The summed E-state index contributed by atoms with van der Waals surface area (Å²) in [6.07, 6.45) is 2.67. The number of urea groups is 1. The van der Waals surface area contributed by atoms with Crippen LogP contribution in [0.5, 0.6) is 0 Å². The van der Waals surface area contributed by atoms with Gasteiger partial charge in [0.05, 0.1) is 5.56 Å². The highest BCUT2D eigenvalue weighted by molar-refractivity contribution is 7.14. The van der Waals surface area contributed by atoms with Crippen molar-refractivity contribution in [2.24, 2.45) is 0 Å². The maximum atomic E-state index is 12.7. The van der Waals surface area contributed by atoms with E-state index in [2.05, 4.69) is 10.6 Å². The molecule has 1 aliphatic heterocycles. The summed E-state index contributed by atoms with van der Waals surface area (Å²) in [6.45, 7) is 0.827. The number of hydrogen-bond donors (Lipinski definition) is 2. The molecule has 4 amide bonds. The van der Waals surface area contributed by atoms with Gasteiger partial charge in [0.2, 0.25) is 0 Å². The highest BCUT2D eigenvalue weighted by atomic mass is 32.1. The second-order valence-electron chi connectivity index (χ2n) is 6.86. The minimum Gasteiger partial charge on any atom is -0.451 e. The van der Waals surface area contributed by atoms with Crippen LogP contribution in [0, 0.1) is 11.3 Å². The second-order valence-corrected chi connectivity index (χ2v) is 7.78. The molecule has 9 nitrogen and oxygen atoms in total. The Morgan fingerprint density at radius 3 is 2.79 bits per heavy atom. The molecule has 0 radical (unpaired) electrons. The molecule has 0 bridgehead atoms. The third-order valence-corrected chi connectivity index (χ3v) is 5.77. The van der Waals surface area contributed by atoms with Crippen LogP contribution in [0.1, 0.15) is 44.6 Å². The highest BCUT2D eigenvalue weighted by Gasteiger charge is 2.51. The predicted octanol–water partition coefficient (Wildman–Crippen LogP) is 1.74. The van der Waals surface area contributed by atoms with Crippen LogP contribution >= 0.6 is 11.3 Å². The monoisotopic (exact) mass is 404 g/mol. The molecule has 1 aliphatic carbocycles. The quantitative estimate of drug-likeness (QED) is 0.568. The molecular formula is C18H20N4O5S. The highest BCUT2D eigenvalue weighted by Crippen LogP contribution is 2.33. The minimum absolute atomic E-state index is 0.314. The van der Waals surface area contributed by atoms with Gasteiger partial charge >= 0.3 is 12.0 Å². The smallest absolute Gasteiger partial charge is 0.327 e. The van der Waals surface area contributed by atoms with E-state index in [0.29, 0.717) is 23.4 Å². The van der Waals surface area contributed by atoms with Crippen molar-refractivity contribution in [3.8, 4) is 6.07 Å². The van der Waals surface area contributed by atoms with Gasteiger partial charge in [0.25, 0.3) is 11.8 Å². The number of thiophene rings is 1. The van der Waals surface area contributed by atoms with Crippen LogP contribution in [0.4, 0.5) is 9.80 Å². The lowest BCUT2D eigenvalue weighted by Gasteiger charge is -2.30. The van der Waals surface area contributed by atoms with E-state index in [1.165, 1.54) is 18.3 Å². The molecule has 1 saturated heterocycles. The standard InChI is InChI=1S/C18H20N4O5S/c1-11(14(24)20-15-12(9-19)5-8-28-15)27-13(23)10-22-16(25)18(21-17(22)26)6-3-2-4-7-18/h5,8,11H,2-4,6-7,10H2,1H3,(H,20,24)(H,21,26). The van der Waals surface area contributed by atoms with Gasteiger partial charge in [-0.2, -0.15) is 5.26 Å². The fraction of sp³-hybridized carbons (Fsp3) is 0.500. The van der Waals surface area contributed by atoms with Gasteiger partial charge in [-0.15, -0.1) is 11.3 Å². The number of rotatable bonds is 5. The van der Waals surface area contributed by atoms with Gasteiger partial charge in [0, 0.05) is 0 Å². The average molecular weight is 404 g/mol. The Kier molecular flexibility index (Phi) is 5.65. The first-order chi connectivity index (χ1) is 13.4. The number of nitriles is 1. The predicted molar refractivity (Wildman–Crippen MR) is 99.3 cm³/mol. The Labute approximate surface area is 165 Å². The number of carbonyl (C=O) groups is 4. The number of carbonyl (C=O) groups excluding carboxylic acids is 4. The maximum Gasteiger partial charge on any atom is 0.327 e. The molecule has 10 heteroatoms. The van der Waals surface area contributed by atoms with Gasteiger partial charge in [0.15, 0.2) is 6.10 Å². The Hall–Kier alpha value is -2.93. The summed E-state index contributed by atoms with van der Waals surface area (Å²) in [5, 5.41) is 16.2. The molecule has 1 saturated carbocycles. The summed E-state index contributed by atoms with van der Waals surface area (Å²) in [4.78, 5) is 50.0. The first kappa shape index (κ1) is 19.8. The number of anilines is 1. The van der Waals surface area contributed by atoms with Gasteiger partial charge < -0.3 is 15.4 Å². The molecular weight excluding hydrogens is 384 g/mol. The number of ether oxygens (including phenoxy) is 1. The van der Waals surface area contributed by atoms with Crippen LogP contribution in [0.2, 0.25) is 0 Å². The number of esters is 1. The number of nitrogens with zero attached hydrogens (tertiary/aromatic N) is 2. The Balaban J connectivity index is 1.56. The van der Waals surface area contributed by atoms with E-state index in [0.717, 1.165) is 24.2 Å². The molecule has 1 aromatic rings. The summed E-state index contributed by atoms with van der Waals surface area (Å²) >= 11 is 1.18. The van der Waals surface area contributed by atoms with Crippen molar-refractivity contribution in [2.75, 3.05) is 11.9 Å². The van der Waals surface area contributed by atoms with Crippen molar-refractivity contribution >= 4 is 40.2 Å². The van der Waals surface area contributed by atoms with Crippen LogP contribution in [0.3, 0.4) is 0 Å². The molecule has 28 heavy (non-hydrogen) atoms. The van der Waals surface area contributed by atoms with Crippen molar-refractivity contribution in [3.05, 3.63) is 17.0 Å². The molecule has 1 aromatic heterocycles. The second kappa shape index (κ2) is 7.98. The SMILES string of the molecule is CC(OC(=O)CN1C(=O)NC2(CCCCC2)C1=O)C(=O)Nc1sccc1C#N. The summed E-state index contributed by atoms with van der Waals surface area (Å²) < 4.78 is 5.07. The summed E-state index contributed by atoms with van der Waals surface area (Å²) in [7, 11) is 0. The number of hydrogen-bond acceptors (Lipinski definition) is 7. The molecule has 1 spiro atoms. The number of amides is 4. The molecule has 0 aromatic carbocycles. The lowest BCUT2D eigenvalue weighted by Crippen LogP contribution is -2.48. The Morgan fingerprint density at radius 1 is 1.39 bits per heavy atom. The van der Waals surface area contributed by atoms with Crippen LogP contribution < -0.4 is 10.6 Å². The van der Waals surface area contributed by atoms with E-state index in [1.54, 1.807) is 11.4 Å².